The highest BCUT2D eigenvalue weighted by Gasteiger charge is 2.27. The number of hydrogen-bond acceptors (Lipinski definition) is 8. The first kappa shape index (κ1) is 23.6. The Balaban J connectivity index is 1.86. The molecule has 0 unspecified atom stereocenters. The zero-order chi connectivity index (χ0) is 24.0. The number of amides is 1. The van der Waals surface area contributed by atoms with Gasteiger partial charge < -0.3 is 14.8 Å². The van der Waals surface area contributed by atoms with Crippen LogP contribution in [0, 0.1) is 17.0 Å². The van der Waals surface area contributed by atoms with Crippen LogP contribution in [0.3, 0.4) is 0 Å². The van der Waals surface area contributed by atoms with Crippen molar-refractivity contribution in [3.05, 3.63) is 91.8 Å². The molecule has 1 amide bonds. The number of nitro groups is 1. The predicted octanol–water partition coefficient (Wildman–Crippen LogP) is 4.75. The van der Waals surface area contributed by atoms with Crippen LogP contribution < -0.4 is 5.32 Å². The maximum absolute atomic E-state index is 12.7. The van der Waals surface area contributed by atoms with E-state index in [4.69, 9.17) is 9.47 Å². The van der Waals surface area contributed by atoms with Crippen molar-refractivity contribution in [2.45, 2.75) is 20.5 Å². The van der Waals surface area contributed by atoms with E-state index >= 15 is 0 Å². The third kappa shape index (κ3) is 5.60. The number of non-ortho nitro benzene ring substituents is 1. The Labute approximate surface area is 193 Å². The minimum atomic E-state index is -0.688. The van der Waals surface area contributed by atoms with E-state index in [-0.39, 0.29) is 39.9 Å². The number of benzene rings is 2. The normalized spacial score (nSPS) is 10.4. The Morgan fingerprint density at radius 2 is 1.67 bits per heavy atom. The van der Waals surface area contributed by atoms with Crippen molar-refractivity contribution in [1.82, 2.24) is 0 Å². The standard InChI is InChI=1S/C23H20N2O7S/c1-3-31-22(27)18-14(2)19(23(28)32-13-15-7-5-4-6-8-15)33-21(18)24-20(26)16-9-11-17(12-10-16)25(29)30/h4-12H,3,13H2,1-2H3,(H,24,26). The van der Waals surface area contributed by atoms with Crippen molar-refractivity contribution in [3.8, 4) is 0 Å². The number of esters is 2. The van der Waals surface area contributed by atoms with Gasteiger partial charge in [0.05, 0.1) is 17.1 Å². The molecule has 0 atom stereocenters. The van der Waals surface area contributed by atoms with E-state index in [9.17, 15) is 24.5 Å². The summed E-state index contributed by atoms with van der Waals surface area (Å²) >= 11 is 0.899. The van der Waals surface area contributed by atoms with E-state index in [2.05, 4.69) is 5.32 Å². The molecule has 0 fully saturated rings. The number of nitro benzene ring substituents is 1. The molecule has 33 heavy (non-hydrogen) atoms. The van der Waals surface area contributed by atoms with Gasteiger partial charge in [-0.25, -0.2) is 9.59 Å². The molecule has 3 aromatic rings. The highest BCUT2D eigenvalue weighted by atomic mass is 32.1. The number of nitrogens with zero attached hydrogens (tertiary/aromatic N) is 1. The summed E-state index contributed by atoms with van der Waals surface area (Å²) in [6.45, 7) is 3.38. The summed E-state index contributed by atoms with van der Waals surface area (Å²) in [5.74, 6) is -1.92. The maximum Gasteiger partial charge on any atom is 0.349 e. The smallest absolute Gasteiger partial charge is 0.349 e. The highest BCUT2D eigenvalue weighted by molar-refractivity contribution is 7.18. The largest absolute Gasteiger partial charge is 0.462 e. The second kappa shape index (κ2) is 10.5. The highest BCUT2D eigenvalue weighted by Crippen LogP contribution is 2.35. The Morgan fingerprint density at radius 3 is 2.27 bits per heavy atom. The number of thiophene rings is 1. The van der Waals surface area contributed by atoms with Gasteiger partial charge in [-0.2, -0.15) is 0 Å². The van der Waals surface area contributed by atoms with E-state index in [1.165, 1.54) is 24.3 Å². The monoisotopic (exact) mass is 468 g/mol. The average molecular weight is 468 g/mol. The van der Waals surface area contributed by atoms with E-state index in [0.29, 0.717) is 5.56 Å². The van der Waals surface area contributed by atoms with E-state index in [0.717, 1.165) is 16.9 Å². The summed E-state index contributed by atoms with van der Waals surface area (Å²) in [7, 11) is 0. The molecule has 1 aromatic heterocycles. The van der Waals surface area contributed by atoms with Gasteiger partial charge in [0, 0.05) is 17.7 Å². The molecule has 0 radical (unpaired) electrons. The first-order valence-electron chi connectivity index (χ1n) is 9.89. The van der Waals surface area contributed by atoms with Crippen molar-refractivity contribution < 1.29 is 28.8 Å². The van der Waals surface area contributed by atoms with Gasteiger partial charge in [0.25, 0.3) is 11.6 Å². The van der Waals surface area contributed by atoms with E-state index < -0.39 is 22.8 Å². The van der Waals surface area contributed by atoms with Crippen molar-refractivity contribution >= 4 is 39.9 Å². The molecule has 0 saturated heterocycles. The van der Waals surface area contributed by atoms with Crippen LogP contribution in [0.2, 0.25) is 0 Å². The molecule has 9 nitrogen and oxygen atoms in total. The van der Waals surface area contributed by atoms with E-state index in [1.54, 1.807) is 13.8 Å². The van der Waals surface area contributed by atoms with Gasteiger partial charge in [-0.1, -0.05) is 30.3 Å². The lowest BCUT2D eigenvalue weighted by molar-refractivity contribution is -0.384. The van der Waals surface area contributed by atoms with Gasteiger partial charge in [0.1, 0.15) is 16.5 Å². The van der Waals surface area contributed by atoms with Crippen LogP contribution in [0.1, 0.15) is 48.4 Å². The van der Waals surface area contributed by atoms with Crippen LogP contribution in [0.5, 0.6) is 0 Å². The topological polar surface area (TPSA) is 125 Å². The molecule has 3 rings (SSSR count). The molecule has 2 aromatic carbocycles. The van der Waals surface area contributed by atoms with Crippen molar-refractivity contribution in [2.75, 3.05) is 11.9 Å². The lowest BCUT2D eigenvalue weighted by atomic mass is 10.1. The summed E-state index contributed by atoms with van der Waals surface area (Å²) in [6.07, 6.45) is 0. The lowest BCUT2D eigenvalue weighted by Gasteiger charge is -2.07. The van der Waals surface area contributed by atoms with Crippen molar-refractivity contribution in [2.24, 2.45) is 0 Å². The zero-order valence-corrected chi connectivity index (χ0v) is 18.6. The van der Waals surface area contributed by atoms with Crippen LogP contribution in [-0.4, -0.2) is 29.4 Å². The molecular weight excluding hydrogens is 448 g/mol. The second-order valence-corrected chi connectivity index (χ2v) is 7.82. The molecular formula is C23H20N2O7S. The quantitative estimate of drug-likeness (QED) is 0.287. The number of rotatable bonds is 8. The van der Waals surface area contributed by atoms with Gasteiger partial charge in [0.2, 0.25) is 0 Å². The second-order valence-electron chi connectivity index (χ2n) is 6.80. The van der Waals surface area contributed by atoms with Crippen LogP contribution >= 0.6 is 11.3 Å². The molecule has 1 N–H and O–H groups in total. The van der Waals surface area contributed by atoms with Crippen LogP contribution in [0.15, 0.2) is 54.6 Å². The maximum atomic E-state index is 12.7. The minimum absolute atomic E-state index is 0.0518. The number of carbonyl (C=O) groups excluding carboxylic acids is 3. The molecule has 1 heterocycles. The number of hydrogen-bond donors (Lipinski definition) is 1. The molecule has 0 saturated carbocycles. The number of anilines is 1. The van der Waals surface area contributed by atoms with Crippen LogP contribution in [0.4, 0.5) is 10.7 Å². The van der Waals surface area contributed by atoms with Gasteiger partial charge in [-0.3, -0.25) is 14.9 Å². The van der Waals surface area contributed by atoms with Crippen molar-refractivity contribution in [3.63, 3.8) is 0 Å². The fourth-order valence-electron chi connectivity index (χ4n) is 2.94. The summed E-state index contributed by atoms with van der Waals surface area (Å²) in [4.78, 5) is 48.3. The number of nitrogens with one attached hydrogen (secondary N) is 1. The zero-order valence-electron chi connectivity index (χ0n) is 17.8. The third-order valence-electron chi connectivity index (χ3n) is 4.59. The summed E-state index contributed by atoms with van der Waals surface area (Å²) in [6, 6.07) is 14.1. The van der Waals surface area contributed by atoms with E-state index in [1.807, 2.05) is 30.3 Å². The molecule has 0 aliphatic heterocycles. The lowest BCUT2D eigenvalue weighted by Crippen LogP contribution is -2.15. The minimum Gasteiger partial charge on any atom is -0.462 e. The Morgan fingerprint density at radius 1 is 1.00 bits per heavy atom. The third-order valence-corrected chi connectivity index (χ3v) is 5.78. The fourth-order valence-corrected chi connectivity index (χ4v) is 4.03. The number of carbonyl (C=O) groups is 3. The average Bonchev–Trinajstić information content (AvgIpc) is 3.14. The fraction of sp³-hybridized carbons (Fsp3) is 0.174. The SMILES string of the molecule is CCOC(=O)c1c(NC(=O)c2ccc([N+](=O)[O-])cc2)sc(C(=O)OCc2ccccc2)c1C. The number of ether oxygens (including phenoxy) is 2. The molecule has 10 heteroatoms. The van der Waals surface area contributed by atoms with Crippen molar-refractivity contribution in [1.29, 1.82) is 0 Å². The summed E-state index contributed by atoms with van der Waals surface area (Å²) < 4.78 is 10.5. The van der Waals surface area contributed by atoms with Gasteiger partial charge in [-0.05, 0) is 37.1 Å². The van der Waals surface area contributed by atoms with Gasteiger partial charge in [-0.15, -0.1) is 11.3 Å². The molecule has 0 bridgehead atoms. The van der Waals surface area contributed by atoms with Crippen LogP contribution in [-0.2, 0) is 16.1 Å². The summed E-state index contributed by atoms with van der Waals surface area (Å²) in [5.41, 5.74) is 1.18. The Bertz CT molecular complexity index is 1190. The molecule has 170 valence electrons. The molecule has 0 spiro atoms. The van der Waals surface area contributed by atoms with Gasteiger partial charge >= 0.3 is 11.9 Å². The molecule has 0 aliphatic rings. The first-order valence-corrected chi connectivity index (χ1v) is 10.7. The Hall–Kier alpha value is -4.05. The predicted molar refractivity (Wildman–Crippen MR) is 122 cm³/mol. The van der Waals surface area contributed by atoms with Crippen LogP contribution in [0.25, 0.3) is 0 Å². The molecule has 0 aliphatic carbocycles. The summed E-state index contributed by atoms with van der Waals surface area (Å²) in [5, 5.41) is 13.5. The first-order chi connectivity index (χ1) is 15.8. The van der Waals surface area contributed by atoms with Gasteiger partial charge in [0.15, 0.2) is 0 Å². The Kier molecular flexibility index (Phi) is 7.52.